The van der Waals surface area contributed by atoms with Crippen LogP contribution in [0.1, 0.15) is 25.3 Å². The minimum absolute atomic E-state index is 0.501. The van der Waals surface area contributed by atoms with E-state index in [2.05, 4.69) is 12.2 Å². The summed E-state index contributed by atoms with van der Waals surface area (Å²) in [7, 11) is 2.04. The predicted molar refractivity (Wildman–Crippen MR) is 74.9 cm³/mol. The third kappa shape index (κ3) is 3.37. The van der Waals surface area contributed by atoms with Crippen LogP contribution < -0.4 is 5.32 Å². The van der Waals surface area contributed by atoms with Crippen LogP contribution in [0.5, 0.6) is 0 Å². The molecular formula is C14H19Cl2N. The highest BCUT2D eigenvalue weighted by Gasteiger charge is 2.32. The lowest BCUT2D eigenvalue weighted by atomic mass is 9.91. The highest BCUT2D eigenvalue weighted by Crippen LogP contribution is 2.39. The van der Waals surface area contributed by atoms with Gasteiger partial charge in [0.2, 0.25) is 0 Å². The molecule has 0 amide bonds. The lowest BCUT2D eigenvalue weighted by Crippen LogP contribution is -2.35. The van der Waals surface area contributed by atoms with Gasteiger partial charge >= 0.3 is 0 Å². The van der Waals surface area contributed by atoms with Gasteiger partial charge in [-0.05, 0) is 55.8 Å². The van der Waals surface area contributed by atoms with Crippen molar-refractivity contribution in [2.45, 2.75) is 32.2 Å². The number of likely N-dealkylation sites (N-methyl/N-ethyl adjacent to an activating group) is 1. The lowest BCUT2D eigenvalue weighted by Gasteiger charge is -2.24. The van der Waals surface area contributed by atoms with Crippen LogP contribution in [0.4, 0.5) is 0 Å². The van der Waals surface area contributed by atoms with Crippen LogP contribution >= 0.6 is 23.2 Å². The SMILES string of the molecule is CNC(Cc1ccc(Cl)cc1Cl)C(C)C1CC1. The van der Waals surface area contributed by atoms with E-state index in [0.29, 0.717) is 17.0 Å². The third-order valence-electron chi connectivity index (χ3n) is 3.83. The van der Waals surface area contributed by atoms with Crippen molar-refractivity contribution in [1.82, 2.24) is 5.32 Å². The first-order valence-corrected chi connectivity index (χ1v) is 6.98. The Kier molecular flexibility index (Phi) is 4.35. The van der Waals surface area contributed by atoms with Gasteiger partial charge in [0.25, 0.3) is 0 Å². The fourth-order valence-electron chi connectivity index (χ4n) is 2.43. The van der Waals surface area contributed by atoms with Gasteiger partial charge in [-0.2, -0.15) is 0 Å². The first-order chi connectivity index (χ1) is 8.11. The topological polar surface area (TPSA) is 12.0 Å². The molecule has 1 fully saturated rings. The first kappa shape index (κ1) is 13.2. The maximum absolute atomic E-state index is 6.22. The van der Waals surface area contributed by atoms with E-state index in [1.54, 1.807) is 0 Å². The molecule has 0 aromatic heterocycles. The van der Waals surface area contributed by atoms with Crippen LogP contribution in [0.3, 0.4) is 0 Å². The van der Waals surface area contributed by atoms with Gasteiger partial charge in [-0.1, -0.05) is 36.2 Å². The number of hydrogen-bond donors (Lipinski definition) is 1. The average Bonchev–Trinajstić information content (AvgIpc) is 3.11. The summed E-state index contributed by atoms with van der Waals surface area (Å²) in [4.78, 5) is 0. The summed E-state index contributed by atoms with van der Waals surface area (Å²) in [6.07, 6.45) is 3.74. The molecule has 2 atom stereocenters. The smallest absolute Gasteiger partial charge is 0.0453 e. The fraction of sp³-hybridized carbons (Fsp3) is 0.571. The van der Waals surface area contributed by atoms with E-state index in [1.807, 2.05) is 25.2 Å². The lowest BCUT2D eigenvalue weighted by molar-refractivity contribution is 0.358. The Hall–Kier alpha value is -0.240. The van der Waals surface area contributed by atoms with E-state index < -0.39 is 0 Å². The summed E-state index contributed by atoms with van der Waals surface area (Å²) in [5.74, 6) is 1.62. The van der Waals surface area contributed by atoms with Crippen molar-refractivity contribution in [3.05, 3.63) is 33.8 Å². The molecule has 94 valence electrons. The molecule has 2 unspecified atom stereocenters. The number of nitrogens with one attached hydrogen (secondary N) is 1. The Morgan fingerprint density at radius 1 is 1.35 bits per heavy atom. The van der Waals surface area contributed by atoms with Crippen molar-refractivity contribution >= 4 is 23.2 Å². The van der Waals surface area contributed by atoms with Gasteiger partial charge in [0, 0.05) is 16.1 Å². The quantitative estimate of drug-likeness (QED) is 0.848. The molecule has 0 bridgehead atoms. The normalized spacial score (nSPS) is 19.1. The fourth-order valence-corrected chi connectivity index (χ4v) is 2.91. The number of benzene rings is 1. The van der Waals surface area contributed by atoms with Crippen molar-refractivity contribution in [2.24, 2.45) is 11.8 Å². The zero-order valence-corrected chi connectivity index (χ0v) is 11.9. The molecule has 0 saturated heterocycles. The Bertz CT molecular complexity index is 388. The third-order valence-corrected chi connectivity index (χ3v) is 4.41. The highest BCUT2D eigenvalue weighted by atomic mass is 35.5. The molecule has 2 rings (SSSR count). The van der Waals surface area contributed by atoms with Crippen molar-refractivity contribution in [3.8, 4) is 0 Å². The van der Waals surface area contributed by atoms with Gasteiger partial charge in [0.05, 0.1) is 0 Å². The predicted octanol–water partition coefficient (Wildman–Crippen LogP) is 4.17. The van der Waals surface area contributed by atoms with Crippen molar-refractivity contribution in [2.75, 3.05) is 7.05 Å². The Morgan fingerprint density at radius 3 is 2.59 bits per heavy atom. The second-order valence-electron chi connectivity index (χ2n) is 5.03. The number of hydrogen-bond acceptors (Lipinski definition) is 1. The molecule has 0 aliphatic heterocycles. The van der Waals surface area contributed by atoms with Crippen molar-refractivity contribution in [3.63, 3.8) is 0 Å². The van der Waals surface area contributed by atoms with E-state index in [9.17, 15) is 0 Å². The molecule has 0 radical (unpaired) electrons. The summed E-state index contributed by atoms with van der Waals surface area (Å²) < 4.78 is 0. The van der Waals surface area contributed by atoms with E-state index in [1.165, 1.54) is 18.4 Å². The summed E-state index contributed by atoms with van der Waals surface area (Å²) in [5.41, 5.74) is 1.18. The Labute approximate surface area is 114 Å². The second-order valence-corrected chi connectivity index (χ2v) is 5.88. The van der Waals surface area contributed by atoms with E-state index >= 15 is 0 Å². The Balaban J connectivity index is 2.06. The zero-order chi connectivity index (χ0) is 12.4. The van der Waals surface area contributed by atoms with Gasteiger partial charge in [0.1, 0.15) is 0 Å². The average molecular weight is 272 g/mol. The molecule has 1 aliphatic carbocycles. The summed E-state index contributed by atoms with van der Waals surface area (Å²) in [6.45, 7) is 2.34. The monoisotopic (exact) mass is 271 g/mol. The molecule has 1 aromatic carbocycles. The second kappa shape index (κ2) is 5.60. The molecule has 0 heterocycles. The molecule has 1 aliphatic rings. The molecule has 0 spiro atoms. The standard InChI is InChI=1S/C14H19Cl2N/c1-9(10-3-4-10)14(17-2)7-11-5-6-12(15)8-13(11)16/h5-6,8-10,14,17H,3-4,7H2,1-2H3. The van der Waals surface area contributed by atoms with E-state index in [0.717, 1.165) is 17.4 Å². The van der Waals surface area contributed by atoms with Crippen LogP contribution in [0.2, 0.25) is 10.0 Å². The molecular weight excluding hydrogens is 253 g/mol. The maximum atomic E-state index is 6.22. The van der Waals surface area contributed by atoms with Crippen LogP contribution in [0.15, 0.2) is 18.2 Å². The van der Waals surface area contributed by atoms with Gasteiger partial charge in [-0.15, -0.1) is 0 Å². The van der Waals surface area contributed by atoms with Gasteiger partial charge in [-0.3, -0.25) is 0 Å². The maximum Gasteiger partial charge on any atom is 0.0453 e. The van der Waals surface area contributed by atoms with Gasteiger partial charge in [-0.25, -0.2) is 0 Å². The van der Waals surface area contributed by atoms with Crippen LogP contribution in [-0.2, 0) is 6.42 Å². The molecule has 3 heteroatoms. The largest absolute Gasteiger partial charge is 0.316 e. The van der Waals surface area contributed by atoms with E-state index in [-0.39, 0.29) is 0 Å². The zero-order valence-electron chi connectivity index (χ0n) is 10.3. The highest BCUT2D eigenvalue weighted by molar-refractivity contribution is 6.35. The molecule has 17 heavy (non-hydrogen) atoms. The molecule has 1 saturated carbocycles. The summed E-state index contributed by atoms with van der Waals surface area (Å²) >= 11 is 12.1. The van der Waals surface area contributed by atoms with Gasteiger partial charge < -0.3 is 5.32 Å². The first-order valence-electron chi connectivity index (χ1n) is 6.23. The van der Waals surface area contributed by atoms with Gasteiger partial charge in [0.15, 0.2) is 0 Å². The molecule has 1 aromatic rings. The minimum atomic E-state index is 0.501. The number of halogens is 2. The minimum Gasteiger partial charge on any atom is -0.316 e. The summed E-state index contributed by atoms with van der Waals surface area (Å²) in [6, 6.07) is 6.28. The molecule has 1 N–H and O–H groups in total. The van der Waals surface area contributed by atoms with Crippen LogP contribution in [0, 0.1) is 11.8 Å². The summed E-state index contributed by atoms with van der Waals surface area (Å²) in [5, 5.41) is 4.90. The van der Waals surface area contributed by atoms with Crippen LogP contribution in [0.25, 0.3) is 0 Å². The van der Waals surface area contributed by atoms with Crippen molar-refractivity contribution in [1.29, 1.82) is 0 Å². The number of rotatable bonds is 5. The van der Waals surface area contributed by atoms with Crippen molar-refractivity contribution < 1.29 is 0 Å². The van der Waals surface area contributed by atoms with Crippen LogP contribution in [-0.4, -0.2) is 13.1 Å². The molecule has 1 nitrogen and oxygen atoms in total. The Morgan fingerprint density at radius 2 is 2.06 bits per heavy atom. The van der Waals surface area contributed by atoms with E-state index in [4.69, 9.17) is 23.2 Å².